The zero-order valence-corrected chi connectivity index (χ0v) is 12.7. The second-order valence-electron chi connectivity index (χ2n) is 4.18. The summed E-state index contributed by atoms with van der Waals surface area (Å²) >= 11 is 3.27. The van der Waals surface area contributed by atoms with Gasteiger partial charge in [-0.2, -0.15) is 0 Å². The Hall–Kier alpha value is -1.69. The van der Waals surface area contributed by atoms with Gasteiger partial charge >= 0.3 is 0 Å². The molecule has 0 radical (unpaired) electrons. The molecule has 0 amide bonds. The maximum absolute atomic E-state index is 13.5. The Bertz CT molecular complexity index is 563. The topological polar surface area (TPSA) is 47.0 Å². The van der Waals surface area contributed by atoms with Crippen molar-refractivity contribution in [1.82, 2.24) is 9.97 Å². The van der Waals surface area contributed by atoms with E-state index in [0.717, 1.165) is 23.3 Å². The second kappa shape index (κ2) is 7.19. The van der Waals surface area contributed by atoms with Crippen molar-refractivity contribution in [3.05, 3.63) is 46.6 Å². The molecule has 20 heavy (non-hydrogen) atoms. The molecule has 0 saturated carbocycles. The van der Waals surface area contributed by atoms with Crippen molar-refractivity contribution in [1.29, 1.82) is 0 Å². The third-order valence-electron chi connectivity index (χ3n) is 2.53. The van der Waals surface area contributed by atoms with Gasteiger partial charge in [0.1, 0.15) is 12.4 Å². The fraction of sp³-hybridized carbons (Fsp3) is 0.286. The van der Waals surface area contributed by atoms with Gasteiger partial charge in [0.15, 0.2) is 11.6 Å². The van der Waals surface area contributed by atoms with Gasteiger partial charge in [-0.15, -0.1) is 0 Å². The fourth-order valence-electron chi connectivity index (χ4n) is 1.51. The van der Waals surface area contributed by atoms with Crippen molar-refractivity contribution >= 4 is 21.7 Å². The average molecular weight is 340 g/mol. The minimum absolute atomic E-state index is 0.175. The van der Waals surface area contributed by atoms with Crippen molar-refractivity contribution in [2.24, 2.45) is 0 Å². The third-order valence-corrected chi connectivity index (χ3v) is 3.02. The Labute approximate surface area is 125 Å². The van der Waals surface area contributed by atoms with Crippen molar-refractivity contribution in [2.45, 2.75) is 20.0 Å². The van der Waals surface area contributed by atoms with Gasteiger partial charge in [-0.1, -0.05) is 22.9 Å². The minimum atomic E-state index is -0.401. The molecule has 106 valence electrons. The first-order valence-corrected chi connectivity index (χ1v) is 7.11. The number of halogens is 2. The van der Waals surface area contributed by atoms with Crippen molar-refractivity contribution in [3.63, 3.8) is 0 Å². The lowest BCUT2D eigenvalue weighted by molar-refractivity contribution is 0.285. The van der Waals surface area contributed by atoms with Crippen LogP contribution in [0.15, 0.2) is 35.1 Å². The Balaban J connectivity index is 1.95. The zero-order chi connectivity index (χ0) is 14.4. The number of hydrogen-bond acceptors (Lipinski definition) is 4. The molecule has 0 aliphatic carbocycles. The van der Waals surface area contributed by atoms with Crippen LogP contribution in [-0.4, -0.2) is 16.5 Å². The maximum atomic E-state index is 13.5. The van der Waals surface area contributed by atoms with Crippen LogP contribution >= 0.6 is 15.9 Å². The zero-order valence-electron chi connectivity index (χ0n) is 11.1. The monoisotopic (exact) mass is 339 g/mol. The van der Waals surface area contributed by atoms with E-state index in [-0.39, 0.29) is 12.4 Å². The first kappa shape index (κ1) is 14.7. The van der Waals surface area contributed by atoms with Crippen LogP contribution in [0.4, 0.5) is 10.2 Å². The van der Waals surface area contributed by atoms with Gasteiger partial charge in [0, 0.05) is 11.0 Å². The highest BCUT2D eigenvalue weighted by Gasteiger charge is 2.05. The van der Waals surface area contributed by atoms with Gasteiger partial charge in [0.2, 0.25) is 0 Å². The molecule has 2 rings (SSSR count). The second-order valence-corrected chi connectivity index (χ2v) is 5.10. The average Bonchev–Trinajstić information content (AvgIpc) is 2.47. The van der Waals surface area contributed by atoms with E-state index in [4.69, 9.17) is 4.74 Å². The predicted molar refractivity (Wildman–Crippen MR) is 79.2 cm³/mol. The lowest BCUT2D eigenvalue weighted by Crippen LogP contribution is -2.05. The van der Waals surface area contributed by atoms with Gasteiger partial charge in [0.05, 0.1) is 18.1 Å². The number of benzene rings is 1. The van der Waals surface area contributed by atoms with E-state index in [0.29, 0.717) is 5.69 Å². The summed E-state index contributed by atoms with van der Waals surface area (Å²) in [6.07, 6.45) is 4.29. The molecule has 0 spiro atoms. The number of ether oxygens (including phenoxy) is 1. The molecule has 0 bridgehead atoms. The summed E-state index contributed by atoms with van der Waals surface area (Å²) in [7, 11) is 0. The number of anilines is 1. The smallest absolute Gasteiger partial charge is 0.165 e. The van der Waals surface area contributed by atoms with Crippen LogP contribution in [0.2, 0.25) is 0 Å². The summed E-state index contributed by atoms with van der Waals surface area (Å²) in [5.74, 6) is 0.515. The highest BCUT2D eigenvalue weighted by molar-refractivity contribution is 9.10. The molecule has 0 unspecified atom stereocenters. The molecule has 0 saturated heterocycles. The predicted octanol–water partition coefficient (Wildman–Crippen LogP) is 3.78. The number of nitrogens with zero attached hydrogens (tertiary/aromatic N) is 2. The maximum Gasteiger partial charge on any atom is 0.165 e. The first-order valence-electron chi connectivity index (χ1n) is 6.31. The quantitative estimate of drug-likeness (QED) is 0.869. The molecular formula is C14H15BrFN3O. The van der Waals surface area contributed by atoms with Crippen molar-refractivity contribution in [3.8, 4) is 5.75 Å². The summed E-state index contributed by atoms with van der Waals surface area (Å²) in [6, 6.07) is 4.55. The van der Waals surface area contributed by atoms with E-state index in [2.05, 4.69) is 38.1 Å². The van der Waals surface area contributed by atoms with Crippen LogP contribution in [0, 0.1) is 5.82 Å². The summed E-state index contributed by atoms with van der Waals surface area (Å²) in [6.45, 7) is 3.11. The molecule has 0 fully saturated rings. The molecule has 1 aromatic heterocycles. The molecule has 0 atom stereocenters. The number of aromatic nitrogens is 2. The lowest BCUT2D eigenvalue weighted by atomic mass is 10.3. The van der Waals surface area contributed by atoms with Crippen molar-refractivity contribution < 1.29 is 9.13 Å². The first-order chi connectivity index (χ1) is 9.69. The summed E-state index contributed by atoms with van der Waals surface area (Å²) in [5.41, 5.74) is 0.645. The molecule has 0 aliphatic rings. The normalized spacial score (nSPS) is 10.3. The molecule has 1 aromatic carbocycles. The lowest BCUT2D eigenvalue weighted by Gasteiger charge is -2.08. The number of hydrogen-bond donors (Lipinski definition) is 1. The van der Waals surface area contributed by atoms with E-state index in [9.17, 15) is 4.39 Å². The van der Waals surface area contributed by atoms with Gasteiger partial charge in [-0.05, 0) is 24.6 Å². The molecule has 6 heteroatoms. The molecule has 0 aliphatic heterocycles. The Morgan fingerprint density at radius 3 is 2.85 bits per heavy atom. The fourth-order valence-corrected chi connectivity index (χ4v) is 1.85. The van der Waals surface area contributed by atoms with Gasteiger partial charge in [-0.25, -0.2) is 9.37 Å². The third kappa shape index (κ3) is 4.16. The Kier molecular flexibility index (Phi) is 5.29. The Morgan fingerprint density at radius 2 is 2.15 bits per heavy atom. The molecular weight excluding hydrogens is 325 g/mol. The van der Waals surface area contributed by atoms with Crippen LogP contribution in [0.5, 0.6) is 5.75 Å². The van der Waals surface area contributed by atoms with Crippen LogP contribution in [0.3, 0.4) is 0 Å². The van der Waals surface area contributed by atoms with Gasteiger partial charge in [-0.3, -0.25) is 4.98 Å². The van der Waals surface area contributed by atoms with E-state index < -0.39 is 5.82 Å². The molecule has 1 heterocycles. The van der Waals surface area contributed by atoms with E-state index >= 15 is 0 Å². The van der Waals surface area contributed by atoms with Crippen LogP contribution in [-0.2, 0) is 6.61 Å². The minimum Gasteiger partial charge on any atom is -0.484 e. The SMILES string of the molecule is CCCNc1cnc(COc2cc(Br)ccc2F)cn1. The highest BCUT2D eigenvalue weighted by Crippen LogP contribution is 2.22. The highest BCUT2D eigenvalue weighted by atomic mass is 79.9. The summed E-state index contributed by atoms with van der Waals surface area (Å²) < 4.78 is 19.6. The van der Waals surface area contributed by atoms with Crippen LogP contribution < -0.4 is 10.1 Å². The largest absolute Gasteiger partial charge is 0.484 e. The Morgan fingerprint density at radius 1 is 1.30 bits per heavy atom. The number of rotatable bonds is 6. The summed E-state index contributed by atoms with van der Waals surface area (Å²) in [4.78, 5) is 8.43. The molecule has 4 nitrogen and oxygen atoms in total. The van der Waals surface area contributed by atoms with E-state index in [1.165, 1.54) is 6.07 Å². The molecule has 1 N–H and O–H groups in total. The van der Waals surface area contributed by atoms with Crippen molar-refractivity contribution in [2.75, 3.05) is 11.9 Å². The standard InChI is InChI=1S/C14H15BrFN3O/c1-2-5-17-14-8-18-11(7-19-14)9-20-13-6-10(15)3-4-12(13)16/h3-4,6-8H,2,5,9H2,1H3,(H,17,19). The van der Waals surface area contributed by atoms with Crippen LogP contribution in [0.25, 0.3) is 0 Å². The van der Waals surface area contributed by atoms with Gasteiger partial charge in [0.25, 0.3) is 0 Å². The summed E-state index contributed by atoms with van der Waals surface area (Å²) in [5, 5.41) is 3.13. The van der Waals surface area contributed by atoms with E-state index in [1.807, 2.05) is 0 Å². The van der Waals surface area contributed by atoms with E-state index in [1.54, 1.807) is 24.5 Å². The van der Waals surface area contributed by atoms with Gasteiger partial charge < -0.3 is 10.1 Å². The number of nitrogens with one attached hydrogen (secondary N) is 1. The van der Waals surface area contributed by atoms with Crippen LogP contribution in [0.1, 0.15) is 19.0 Å². The molecule has 2 aromatic rings.